The maximum atomic E-state index is 6.44. The molecule has 0 bridgehead atoms. The van der Waals surface area contributed by atoms with Crippen molar-refractivity contribution < 1.29 is 9.47 Å². The molecule has 4 rings (SSSR count). The number of hydrogen-bond acceptors (Lipinski definition) is 6. The number of anilines is 2. The molecule has 2 aromatic heterocycles. The van der Waals surface area contributed by atoms with E-state index in [0.29, 0.717) is 37.4 Å². The van der Waals surface area contributed by atoms with Crippen LogP contribution in [0.4, 0.5) is 11.6 Å². The summed E-state index contributed by atoms with van der Waals surface area (Å²) in [5, 5.41) is 7.49. The molecule has 3 heterocycles. The van der Waals surface area contributed by atoms with Crippen molar-refractivity contribution in [2.75, 3.05) is 37.0 Å². The normalized spacial score (nSPS) is 20.7. The molecule has 2 aromatic rings. The van der Waals surface area contributed by atoms with Gasteiger partial charge in [-0.05, 0) is 31.0 Å². The van der Waals surface area contributed by atoms with Gasteiger partial charge in [0.25, 0.3) is 0 Å². The van der Waals surface area contributed by atoms with Crippen LogP contribution in [0, 0.1) is 0 Å². The number of nitrogens with one attached hydrogen (secondary N) is 2. The topological polar surface area (TPSA) is 68.3 Å². The molecular weight excluding hydrogens is 376 g/mol. The second-order valence-corrected chi connectivity index (χ2v) is 7.79. The highest BCUT2D eigenvalue weighted by atomic mass is 35.5. The number of nitrogens with zero attached hydrogens (tertiary/aromatic N) is 2. The number of pyridine rings is 2. The van der Waals surface area contributed by atoms with Crippen molar-refractivity contribution in [2.24, 2.45) is 0 Å². The second kappa shape index (κ2) is 9.54. The van der Waals surface area contributed by atoms with Gasteiger partial charge in [0.1, 0.15) is 11.6 Å². The van der Waals surface area contributed by atoms with E-state index in [1.807, 2.05) is 24.3 Å². The molecule has 1 aliphatic heterocycles. The fourth-order valence-corrected chi connectivity index (χ4v) is 3.93. The fourth-order valence-electron chi connectivity index (χ4n) is 3.73. The summed E-state index contributed by atoms with van der Waals surface area (Å²) >= 11 is 6.44. The van der Waals surface area contributed by atoms with Crippen LogP contribution in [0.15, 0.2) is 30.5 Å². The lowest BCUT2D eigenvalue weighted by Gasteiger charge is -2.23. The summed E-state index contributed by atoms with van der Waals surface area (Å²) in [6.45, 7) is 2.58. The van der Waals surface area contributed by atoms with Gasteiger partial charge in [-0.1, -0.05) is 36.9 Å². The van der Waals surface area contributed by atoms with Gasteiger partial charge in [-0.2, -0.15) is 0 Å². The maximum Gasteiger partial charge on any atom is 0.126 e. The molecule has 2 N–H and O–H groups in total. The lowest BCUT2D eigenvalue weighted by molar-refractivity contribution is -0.0819. The van der Waals surface area contributed by atoms with Gasteiger partial charge in [0, 0.05) is 24.3 Å². The van der Waals surface area contributed by atoms with E-state index in [-0.39, 0.29) is 6.10 Å². The predicted octanol–water partition coefficient (Wildman–Crippen LogP) is 4.37. The summed E-state index contributed by atoms with van der Waals surface area (Å²) in [5.41, 5.74) is 1.71. The summed E-state index contributed by atoms with van der Waals surface area (Å²) in [6, 6.07) is 8.39. The lowest BCUT2D eigenvalue weighted by Crippen LogP contribution is -2.34. The van der Waals surface area contributed by atoms with Crippen molar-refractivity contribution in [1.29, 1.82) is 0 Å². The van der Waals surface area contributed by atoms with Crippen molar-refractivity contribution in [3.05, 3.63) is 35.5 Å². The highest BCUT2D eigenvalue weighted by Gasteiger charge is 2.16. The fraction of sp³-hybridized carbons (Fsp3) is 0.524. The van der Waals surface area contributed by atoms with Crippen molar-refractivity contribution in [3.8, 4) is 11.3 Å². The van der Waals surface area contributed by atoms with Crippen LogP contribution in [-0.2, 0) is 9.47 Å². The zero-order valence-electron chi connectivity index (χ0n) is 16.0. The minimum absolute atomic E-state index is 0.0509. The van der Waals surface area contributed by atoms with Crippen molar-refractivity contribution in [2.45, 2.75) is 44.2 Å². The second-order valence-electron chi connectivity index (χ2n) is 7.39. The first-order valence-electron chi connectivity index (χ1n) is 10.1. The van der Waals surface area contributed by atoms with E-state index in [1.165, 1.54) is 32.1 Å². The summed E-state index contributed by atoms with van der Waals surface area (Å²) in [5.74, 6) is 1.65. The molecule has 28 heavy (non-hydrogen) atoms. The maximum absolute atomic E-state index is 6.44. The van der Waals surface area contributed by atoms with E-state index in [2.05, 4.69) is 15.6 Å². The smallest absolute Gasteiger partial charge is 0.126 e. The molecule has 1 saturated carbocycles. The molecule has 1 unspecified atom stereocenters. The van der Waals surface area contributed by atoms with Crippen molar-refractivity contribution in [1.82, 2.24) is 9.97 Å². The van der Waals surface area contributed by atoms with Crippen LogP contribution in [0.25, 0.3) is 11.3 Å². The number of hydrogen-bond donors (Lipinski definition) is 2. The Labute approximate surface area is 171 Å². The SMILES string of the molecule is Clc1cnc(NC2CCCCC2)cc1-c1cccc(NCC2COCCO2)n1. The molecule has 150 valence electrons. The monoisotopic (exact) mass is 402 g/mol. The van der Waals surface area contributed by atoms with E-state index in [0.717, 1.165) is 22.9 Å². The Morgan fingerprint density at radius 3 is 2.82 bits per heavy atom. The van der Waals surface area contributed by atoms with Gasteiger partial charge in [0.15, 0.2) is 0 Å². The zero-order valence-corrected chi connectivity index (χ0v) is 16.8. The third kappa shape index (κ3) is 5.13. The van der Waals surface area contributed by atoms with Gasteiger partial charge in [0.2, 0.25) is 0 Å². The third-order valence-corrected chi connectivity index (χ3v) is 5.53. The number of halogens is 1. The van der Waals surface area contributed by atoms with Crippen LogP contribution in [0.5, 0.6) is 0 Å². The number of rotatable bonds is 6. The zero-order chi connectivity index (χ0) is 19.2. The van der Waals surface area contributed by atoms with E-state index in [1.54, 1.807) is 6.20 Å². The van der Waals surface area contributed by atoms with Crippen LogP contribution in [0.3, 0.4) is 0 Å². The Hall–Kier alpha value is -1.89. The summed E-state index contributed by atoms with van der Waals surface area (Å²) in [4.78, 5) is 9.19. The van der Waals surface area contributed by atoms with Crippen molar-refractivity contribution in [3.63, 3.8) is 0 Å². The predicted molar refractivity (Wildman–Crippen MR) is 112 cm³/mol. The van der Waals surface area contributed by atoms with Crippen LogP contribution in [0.2, 0.25) is 5.02 Å². The Kier molecular flexibility index (Phi) is 6.62. The summed E-state index contributed by atoms with van der Waals surface area (Å²) < 4.78 is 11.1. The van der Waals surface area contributed by atoms with Gasteiger partial charge >= 0.3 is 0 Å². The van der Waals surface area contributed by atoms with Gasteiger partial charge in [-0.15, -0.1) is 0 Å². The molecule has 0 aromatic carbocycles. The summed E-state index contributed by atoms with van der Waals surface area (Å²) in [7, 11) is 0. The number of ether oxygens (including phenoxy) is 2. The summed E-state index contributed by atoms with van der Waals surface area (Å²) in [6.07, 6.45) is 8.05. The average molecular weight is 403 g/mol. The van der Waals surface area contributed by atoms with E-state index < -0.39 is 0 Å². The quantitative estimate of drug-likeness (QED) is 0.747. The largest absolute Gasteiger partial charge is 0.376 e. The minimum Gasteiger partial charge on any atom is -0.376 e. The molecule has 2 fully saturated rings. The van der Waals surface area contributed by atoms with Crippen LogP contribution >= 0.6 is 11.6 Å². The van der Waals surface area contributed by atoms with E-state index in [4.69, 9.17) is 26.1 Å². The van der Waals surface area contributed by atoms with Gasteiger partial charge in [-0.25, -0.2) is 9.97 Å². The Morgan fingerprint density at radius 1 is 1.11 bits per heavy atom. The lowest BCUT2D eigenvalue weighted by atomic mass is 9.95. The van der Waals surface area contributed by atoms with Gasteiger partial charge in [-0.3, -0.25) is 0 Å². The molecule has 0 amide bonds. The van der Waals surface area contributed by atoms with Crippen LogP contribution in [0.1, 0.15) is 32.1 Å². The first kappa shape index (κ1) is 19.4. The molecule has 7 heteroatoms. The Balaban J connectivity index is 1.45. The first-order valence-corrected chi connectivity index (χ1v) is 10.5. The average Bonchev–Trinajstić information content (AvgIpc) is 2.75. The molecule has 1 atom stereocenters. The number of aromatic nitrogens is 2. The molecule has 6 nitrogen and oxygen atoms in total. The minimum atomic E-state index is 0.0509. The van der Waals surface area contributed by atoms with Crippen LogP contribution in [-0.4, -0.2) is 48.5 Å². The van der Waals surface area contributed by atoms with E-state index in [9.17, 15) is 0 Å². The highest BCUT2D eigenvalue weighted by molar-refractivity contribution is 6.33. The Morgan fingerprint density at radius 2 is 2.00 bits per heavy atom. The third-order valence-electron chi connectivity index (χ3n) is 5.23. The van der Waals surface area contributed by atoms with E-state index >= 15 is 0 Å². The Bertz CT molecular complexity index is 777. The molecule has 2 aliphatic rings. The standard InChI is InChI=1S/C21H27ClN4O2/c22-18-13-24-21(25-15-5-2-1-3-6-15)11-17(18)19-7-4-8-20(26-19)23-12-16-14-27-9-10-28-16/h4,7-8,11,13,15-16H,1-3,5-6,9-10,12,14H2,(H,23,26)(H,24,25). The molecule has 0 spiro atoms. The molecule has 1 saturated heterocycles. The molecule has 1 aliphatic carbocycles. The molecular formula is C21H27ClN4O2. The highest BCUT2D eigenvalue weighted by Crippen LogP contribution is 2.30. The first-order chi connectivity index (χ1) is 13.8. The van der Waals surface area contributed by atoms with Gasteiger partial charge < -0.3 is 20.1 Å². The molecule has 0 radical (unpaired) electrons. The van der Waals surface area contributed by atoms with Crippen molar-refractivity contribution >= 4 is 23.2 Å². The van der Waals surface area contributed by atoms with Crippen LogP contribution < -0.4 is 10.6 Å². The van der Waals surface area contributed by atoms with Gasteiger partial charge in [0.05, 0.1) is 36.6 Å².